The van der Waals surface area contributed by atoms with Crippen molar-refractivity contribution in [1.29, 1.82) is 0 Å². The Labute approximate surface area is 428 Å². The van der Waals surface area contributed by atoms with Crippen molar-refractivity contribution >= 4 is 9.84 Å². The van der Waals surface area contributed by atoms with Crippen molar-refractivity contribution in [2.45, 2.75) is 16.7 Å². The van der Waals surface area contributed by atoms with Crippen LogP contribution in [-0.2, 0) is 9.84 Å². The molecule has 0 fully saturated rings. The fourth-order valence-electron chi connectivity index (χ4n) is 9.74. The molecule has 0 aliphatic carbocycles. The maximum atomic E-state index is 13.3. The average Bonchev–Trinajstić information content (AvgIpc) is 3.46. The van der Waals surface area contributed by atoms with Crippen molar-refractivity contribution in [3.05, 3.63) is 272 Å². The van der Waals surface area contributed by atoms with Crippen molar-refractivity contribution < 1.29 is 17.9 Å². The number of aryl methyl sites for hydroxylation is 1. The van der Waals surface area contributed by atoms with Crippen LogP contribution < -0.4 is 9.47 Å². The van der Waals surface area contributed by atoms with E-state index in [4.69, 9.17) is 9.47 Å². The van der Waals surface area contributed by atoms with Gasteiger partial charge in [-0.1, -0.05) is 212 Å². The van der Waals surface area contributed by atoms with E-state index in [1.165, 1.54) is 22.3 Å². The Morgan fingerprint density at radius 2 is 0.493 bits per heavy atom. The summed E-state index contributed by atoms with van der Waals surface area (Å²) >= 11 is 0. The number of benzene rings is 11. The van der Waals surface area contributed by atoms with Crippen LogP contribution in [0, 0.1) is 6.92 Å². The highest BCUT2D eigenvalue weighted by atomic mass is 32.2. The fourth-order valence-corrected chi connectivity index (χ4v) is 11.0. The molecule has 0 aliphatic rings. The highest BCUT2D eigenvalue weighted by Gasteiger charge is 2.29. The molecular weight excluding hydrogens is 913 g/mol. The number of hydrogen-bond donors (Lipinski definition) is 0. The van der Waals surface area contributed by atoms with Crippen LogP contribution >= 0.6 is 0 Å². The summed E-state index contributed by atoms with van der Waals surface area (Å²) in [6.07, 6.45) is 0. The summed E-state index contributed by atoms with van der Waals surface area (Å²) < 4.78 is 38.1. The lowest BCUT2D eigenvalue weighted by Gasteiger charge is -2.29. The van der Waals surface area contributed by atoms with E-state index in [2.05, 4.69) is 213 Å². The lowest BCUT2D eigenvalue weighted by atomic mass is 9.74. The molecule has 4 nitrogen and oxygen atoms in total. The minimum atomic E-state index is -3.71. The first kappa shape index (κ1) is 46.4. The number of methoxy groups -OCH3 is 1. The van der Waals surface area contributed by atoms with Crippen molar-refractivity contribution in [3.63, 3.8) is 0 Å². The lowest BCUT2D eigenvalue weighted by Crippen LogP contribution is -2.02. The molecule has 0 radical (unpaired) electrons. The SMILES string of the molecule is COc1ccc(S(=O)(=O)c2ccc(Oc3ccc(-c4ccc(-c5c(-c6ccccc6)c(-c6ccccc6)c(-c6ccc(-c7ccc(C)cc7)cc6)c(-c6ccccc6)c5-c5ccccc5)cc4)cc3)cc2)cc1. The zero-order chi connectivity index (χ0) is 49.7. The van der Waals surface area contributed by atoms with Crippen molar-refractivity contribution in [2.75, 3.05) is 7.11 Å². The number of ether oxygens (including phenoxy) is 2. The molecule has 0 saturated carbocycles. The third kappa shape index (κ3) is 9.50. The van der Waals surface area contributed by atoms with E-state index < -0.39 is 9.84 Å². The molecule has 11 aromatic carbocycles. The Hall–Kier alpha value is -9.03. The van der Waals surface area contributed by atoms with Crippen molar-refractivity contribution in [3.8, 4) is 106 Å². The molecule has 0 amide bonds. The normalized spacial score (nSPS) is 11.3. The Bertz CT molecular complexity index is 3660. The van der Waals surface area contributed by atoms with Gasteiger partial charge in [0.2, 0.25) is 9.84 Å². The smallest absolute Gasteiger partial charge is 0.206 e. The summed E-state index contributed by atoms with van der Waals surface area (Å²) in [4.78, 5) is 0.379. The van der Waals surface area contributed by atoms with Crippen LogP contribution in [0.15, 0.2) is 277 Å². The first-order valence-electron chi connectivity index (χ1n) is 24.3. The largest absolute Gasteiger partial charge is 0.497 e. The van der Waals surface area contributed by atoms with Crippen LogP contribution in [0.4, 0.5) is 0 Å². The predicted octanol–water partition coefficient (Wildman–Crippen LogP) is 18.0. The molecule has 0 N–H and O–H groups in total. The molecule has 0 aromatic heterocycles. The Balaban J connectivity index is 1.04. The lowest BCUT2D eigenvalue weighted by molar-refractivity contribution is 0.414. The summed E-state index contributed by atoms with van der Waals surface area (Å²) in [5.74, 6) is 1.76. The van der Waals surface area contributed by atoms with Gasteiger partial charge >= 0.3 is 0 Å². The average molecular weight is 963 g/mol. The van der Waals surface area contributed by atoms with E-state index in [1.807, 2.05) is 12.1 Å². The van der Waals surface area contributed by atoms with E-state index in [9.17, 15) is 8.42 Å². The van der Waals surface area contributed by atoms with E-state index in [-0.39, 0.29) is 9.79 Å². The van der Waals surface area contributed by atoms with Gasteiger partial charge in [-0.2, -0.15) is 0 Å². The Morgan fingerprint density at radius 3 is 0.795 bits per heavy atom. The highest BCUT2D eigenvalue weighted by Crippen LogP contribution is 2.56. The first-order chi connectivity index (χ1) is 35.8. The quantitative estimate of drug-likeness (QED) is 0.116. The monoisotopic (exact) mass is 962 g/mol. The Morgan fingerprint density at radius 1 is 0.260 bits per heavy atom. The second kappa shape index (κ2) is 20.4. The molecule has 11 rings (SSSR count). The van der Waals surface area contributed by atoms with Crippen LogP contribution in [0.2, 0.25) is 0 Å². The second-order valence-corrected chi connectivity index (χ2v) is 20.0. The first-order valence-corrected chi connectivity index (χ1v) is 25.8. The van der Waals surface area contributed by atoms with Gasteiger partial charge in [0, 0.05) is 0 Å². The molecule has 0 saturated heterocycles. The highest BCUT2D eigenvalue weighted by molar-refractivity contribution is 7.91. The molecule has 0 bridgehead atoms. The van der Waals surface area contributed by atoms with Crippen LogP contribution in [-0.4, -0.2) is 15.5 Å². The Kier molecular flexibility index (Phi) is 12.9. The van der Waals surface area contributed by atoms with Gasteiger partial charge in [0.05, 0.1) is 16.9 Å². The van der Waals surface area contributed by atoms with Gasteiger partial charge < -0.3 is 9.47 Å². The van der Waals surface area contributed by atoms with Crippen LogP contribution in [0.1, 0.15) is 5.56 Å². The molecule has 0 aliphatic heterocycles. The topological polar surface area (TPSA) is 52.6 Å². The van der Waals surface area contributed by atoms with Gasteiger partial charge in [-0.05, 0) is 157 Å². The summed E-state index contributed by atoms with van der Waals surface area (Å²) in [5, 5.41) is 0. The van der Waals surface area contributed by atoms with Gasteiger partial charge in [0.15, 0.2) is 0 Å². The van der Waals surface area contributed by atoms with Crippen molar-refractivity contribution in [1.82, 2.24) is 0 Å². The maximum absolute atomic E-state index is 13.3. The van der Waals surface area contributed by atoms with E-state index in [0.717, 1.165) is 72.3 Å². The van der Waals surface area contributed by atoms with Gasteiger partial charge in [0.1, 0.15) is 17.2 Å². The van der Waals surface area contributed by atoms with Crippen LogP contribution in [0.25, 0.3) is 89.0 Å². The summed E-state index contributed by atoms with van der Waals surface area (Å²) in [5.41, 5.74) is 19.4. The standard InChI is InChI=1S/C68H50O4S/c1-47-23-25-48(26-24-47)49-27-31-56(32-28-49)67-63(52-15-7-3-8-16-52)65(54-19-11-5-12-20-54)68(66(55-21-13-6-14-22-55)64(67)53-17-9-4-10-18-53)57-33-29-50(30-34-57)51-35-37-59(38-36-51)72-60-41-45-62(46-42-60)73(69,70)61-43-39-58(71-2)40-44-61/h3-46H,1-2H3. The molecule has 0 spiro atoms. The maximum Gasteiger partial charge on any atom is 0.206 e. The minimum Gasteiger partial charge on any atom is -0.497 e. The van der Waals surface area contributed by atoms with Gasteiger partial charge in [-0.15, -0.1) is 0 Å². The third-order valence-corrected chi connectivity index (χ3v) is 15.2. The van der Waals surface area contributed by atoms with E-state index in [1.54, 1.807) is 55.6 Å². The summed E-state index contributed by atoms with van der Waals surface area (Å²) in [6.45, 7) is 2.12. The summed E-state index contributed by atoms with van der Waals surface area (Å²) in [7, 11) is -2.16. The van der Waals surface area contributed by atoms with Gasteiger partial charge in [-0.25, -0.2) is 8.42 Å². The molecule has 0 atom stereocenters. The fraction of sp³-hybridized carbons (Fsp3) is 0.0294. The summed E-state index contributed by atoms with van der Waals surface area (Å²) in [6, 6.07) is 91.0. The molecule has 73 heavy (non-hydrogen) atoms. The van der Waals surface area contributed by atoms with Crippen LogP contribution in [0.5, 0.6) is 17.2 Å². The predicted molar refractivity (Wildman–Crippen MR) is 300 cm³/mol. The van der Waals surface area contributed by atoms with Gasteiger partial charge in [0.25, 0.3) is 0 Å². The zero-order valence-corrected chi connectivity index (χ0v) is 41.3. The zero-order valence-electron chi connectivity index (χ0n) is 40.4. The molecule has 11 aromatic rings. The molecule has 352 valence electrons. The molecule has 0 unspecified atom stereocenters. The van der Waals surface area contributed by atoms with E-state index in [0.29, 0.717) is 17.2 Å². The number of rotatable bonds is 13. The molecular formula is C68H50O4S. The minimum absolute atomic E-state index is 0.183. The third-order valence-electron chi connectivity index (χ3n) is 13.4. The number of hydrogen-bond acceptors (Lipinski definition) is 4. The second-order valence-electron chi connectivity index (χ2n) is 18.0. The van der Waals surface area contributed by atoms with Crippen LogP contribution in [0.3, 0.4) is 0 Å². The molecule has 5 heteroatoms. The number of sulfone groups is 1. The van der Waals surface area contributed by atoms with Gasteiger partial charge in [-0.3, -0.25) is 0 Å². The molecule has 0 heterocycles. The van der Waals surface area contributed by atoms with E-state index >= 15 is 0 Å². The van der Waals surface area contributed by atoms with Crippen molar-refractivity contribution in [2.24, 2.45) is 0 Å².